The molecule has 0 aliphatic heterocycles. The van der Waals surface area contributed by atoms with Gasteiger partial charge in [-0.25, -0.2) is 17.6 Å². The van der Waals surface area contributed by atoms with E-state index in [1.165, 1.54) is 4.90 Å². The van der Waals surface area contributed by atoms with Crippen LogP contribution in [0.4, 0.5) is 28.9 Å². The number of carbonyl (C=O) groups is 2. The van der Waals surface area contributed by atoms with Crippen LogP contribution in [0.1, 0.15) is 65.2 Å². The highest BCUT2D eigenvalue weighted by atomic mass is 19.1. The molecular weight excluding hydrogens is 608 g/mol. The first-order chi connectivity index (χ1) is 20.9. The van der Waals surface area contributed by atoms with Gasteiger partial charge >= 0.3 is 0 Å². The van der Waals surface area contributed by atoms with Gasteiger partial charge in [-0.15, -0.1) is 0 Å². The smallest absolute Gasteiger partial charge is 0.290 e. The van der Waals surface area contributed by atoms with Crippen molar-refractivity contribution in [1.82, 2.24) is 11.1 Å². The molecule has 1 amide bonds. The molecule has 0 fully saturated rings. The van der Waals surface area contributed by atoms with Crippen molar-refractivity contribution in [2.45, 2.75) is 65.2 Å². The number of non-ortho nitro benzene ring substituents is 1. The van der Waals surface area contributed by atoms with E-state index in [1.807, 2.05) is 0 Å². The largest absolute Gasteiger partial charge is 0.488 e. The number of halogens is 4. The highest BCUT2D eigenvalue weighted by molar-refractivity contribution is 5.45. The molecular formula is C29H49F4N4O8+. The third-order valence-electron chi connectivity index (χ3n) is 4.91. The summed E-state index contributed by atoms with van der Waals surface area (Å²) >= 11 is 0. The first-order valence-electron chi connectivity index (χ1n) is 13.7. The van der Waals surface area contributed by atoms with Gasteiger partial charge in [0, 0.05) is 39.0 Å². The molecule has 0 aliphatic carbocycles. The molecule has 0 radical (unpaired) electrons. The lowest BCUT2D eigenvalue weighted by molar-refractivity contribution is -0.385. The quantitative estimate of drug-likeness (QED) is 0.0424. The van der Waals surface area contributed by atoms with Crippen molar-refractivity contribution < 1.29 is 51.8 Å². The molecule has 45 heavy (non-hydrogen) atoms. The molecule has 0 bridgehead atoms. The number of nitro benzene ring substituents is 1. The number of aliphatic hydroxyl groups is 1. The van der Waals surface area contributed by atoms with Gasteiger partial charge in [-0.1, -0.05) is 52.4 Å². The molecule has 0 saturated carbocycles. The lowest BCUT2D eigenvalue weighted by Crippen LogP contribution is -2.06. The van der Waals surface area contributed by atoms with Crippen molar-refractivity contribution >= 4 is 24.3 Å². The zero-order valence-corrected chi connectivity index (χ0v) is 26.9. The van der Waals surface area contributed by atoms with Gasteiger partial charge in [0.25, 0.3) is 12.2 Å². The van der Waals surface area contributed by atoms with Gasteiger partial charge in [0.15, 0.2) is 34.8 Å². The Balaban J connectivity index is -0.000000285. The molecule has 0 saturated heterocycles. The molecule has 16 heteroatoms. The number of nitrogen functional groups attached to an aromatic ring is 1. The minimum Gasteiger partial charge on any atom is -0.488 e. The van der Waals surface area contributed by atoms with Gasteiger partial charge in [0.2, 0.25) is 6.41 Å². The minimum atomic E-state index is -1.04. The summed E-state index contributed by atoms with van der Waals surface area (Å²) < 4.78 is 63.3. The Bertz CT molecular complexity index is 1020. The highest BCUT2D eigenvalue weighted by Gasteiger charge is 2.18. The fourth-order valence-electron chi connectivity index (χ4n) is 2.91. The normalized spacial score (nSPS) is 9.02. The number of anilines is 1. The Kier molecular flexibility index (Phi) is 33.2. The number of ether oxygens (including phenoxy) is 2. The van der Waals surface area contributed by atoms with Crippen LogP contribution in [0.15, 0.2) is 24.3 Å². The van der Waals surface area contributed by atoms with E-state index in [2.05, 4.69) is 13.8 Å². The van der Waals surface area contributed by atoms with Gasteiger partial charge in [-0.05, 0) is 12.8 Å². The van der Waals surface area contributed by atoms with Crippen LogP contribution in [0.25, 0.3) is 0 Å². The van der Waals surface area contributed by atoms with Gasteiger partial charge < -0.3 is 36.5 Å². The van der Waals surface area contributed by atoms with E-state index in [9.17, 15) is 32.5 Å². The van der Waals surface area contributed by atoms with E-state index in [4.69, 9.17) is 30.2 Å². The lowest BCUT2D eigenvalue weighted by atomic mass is 10.2. The van der Waals surface area contributed by atoms with Crippen molar-refractivity contribution in [3.05, 3.63) is 57.6 Å². The summed E-state index contributed by atoms with van der Waals surface area (Å²) in [6.07, 6.45) is 8.50. The number of amides is 1. The maximum Gasteiger partial charge on any atom is 0.290 e. The van der Waals surface area contributed by atoms with Crippen LogP contribution in [-0.4, -0.2) is 67.3 Å². The molecule has 0 unspecified atom stereocenters. The minimum absolute atomic E-state index is 0. The summed E-state index contributed by atoms with van der Waals surface area (Å²) in [6, 6.07) is 3.43. The summed E-state index contributed by atoms with van der Waals surface area (Å²) in [4.78, 5) is 28.8. The second-order valence-electron chi connectivity index (χ2n) is 8.80. The number of hydrogen-bond acceptors (Lipinski definition) is 8. The van der Waals surface area contributed by atoms with Crippen LogP contribution in [0, 0.1) is 33.4 Å². The van der Waals surface area contributed by atoms with Gasteiger partial charge in [0.05, 0.1) is 30.3 Å². The summed E-state index contributed by atoms with van der Waals surface area (Å²) in [5, 5.41) is 24.3. The maximum atomic E-state index is 13.4. The highest BCUT2D eigenvalue weighted by Crippen LogP contribution is 2.27. The molecule has 260 valence electrons. The third-order valence-corrected chi connectivity index (χ3v) is 4.91. The van der Waals surface area contributed by atoms with Gasteiger partial charge in [-0.3, -0.25) is 19.7 Å². The number of carboxylic acid groups (broad SMARTS) is 1. The van der Waals surface area contributed by atoms with E-state index in [0.29, 0.717) is 25.2 Å². The number of nitrogens with zero attached hydrogens (tertiary/aromatic N) is 2. The number of unbranched alkanes of at least 4 members (excludes halogenated alkanes) is 6. The Morgan fingerprint density at radius 3 is 1.38 bits per heavy atom. The molecule has 2 aromatic carbocycles. The second kappa shape index (κ2) is 31.3. The van der Waals surface area contributed by atoms with Crippen LogP contribution < -0.4 is 21.4 Å². The van der Waals surface area contributed by atoms with Crippen LogP contribution >= 0.6 is 0 Å². The maximum absolute atomic E-state index is 13.4. The predicted molar refractivity (Wildman–Crippen MR) is 166 cm³/mol. The molecule has 0 atom stereocenters. The second-order valence-corrected chi connectivity index (χ2v) is 8.80. The van der Waals surface area contributed by atoms with E-state index in [-0.39, 0.29) is 30.7 Å². The summed E-state index contributed by atoms with van der Waals surface area (Å²) in [6.45, 7) is 4.43. The molecule has 12 nitrogen and oxygen atoms in total. The number of nitrogens with two attached hydrogens (primary N) is 1. The number of aliphatic hydroxyl groups excluding tert-OH is 1. The standard InChI is InChI=1S/C12H15F2NO3.C12H17F2NO.C3H7NO.CH2O2.CH4O.H3N/c1-2-3-4-5-6-18-12-10(13)7-9(15(16)17)8-11(12)14;1-2-3-4-5-6-16-12-10(13)7-9(15)8-11(12)14;1-4(2)3-5;2-1-3;1-2;/h7-8H,2-6H2,1H3;7-8H,2-6,15H2,1H3;3H,1-2H3;1H,(H,2,3);2H,1H3;1H3/p+1. The number of nitro groups is 1. The molecule has 0 heterocycles. The fourth-order valence-corrected chi connectivity index (χ4v) is 2.91. The van der Waals surface area contributed by atoms with Crippen LogP contribution in [-0.2, 0) is 9.59 Å². The average molecular weight is 658 g/mol. The predicted octanol–water partition coefficient (Wildman–Crippen LogP) is 6.73. The molecule has 0 spiro atoms. The van der Waals surface area contributed by atoms with E-state index < -0.39 is 39.6 Å². The number of hydrogen-bond donors (Lipinski definition) is 4. The first kappa shape index (κ1) is 47.7. The average Bonchev–Trinajstić information content (AvgIpc) is 2.97. The number of benzene rings is 2. The molecule has 8 N–H and O–H groups in total. The molecule has 0 aromatic heterocycles. The topological polar surface area (TPSA) is 202 Å². The van der Waals surface area contributed by atoms with Crippen LogP contribution in [0.3, 0.4) is 0 Å². The van der Waals surface area contributed by atoms with Crippen LogP contribution in [0.5, 0.6) is 11.5 Å². The summed E-state index contributed by atoms with van der Waals surface area (Å²) in [5.74, 6) is -4.45. The monoisotopic (exact) mass is 657 g/mol. The summed E-state index contributed by atoms with van der Waals surface area (Å²) in [7, 11) is 4.38. The van der Waals surface area contributed by atoms with Crippen molar-refractivity contribution in [3.8, 4) is 11.5 Å². The van der Waals surface area contributed by atoms with Gasteiger partial charge in [0.1, 0.15) is 0 Å². The Morgan fingerprint density at radius 2 is 1.11 bits per heavy atom. The van der Waals surface area contributed by atoms with Crippen molar-refractivity contribution in [1.29, 1.82) is 0 Å². The Hall–Kier alpha value is -4.18. The fraction of sp³-hybridized carbons (Fsp3) is 0.517. The van der Waals surface area contributed by atoms with Crippen LogP contribution in [0.2, 0.25) is 0 Å². The molecule has 0 aliphatic rings. The lowest BCUT2D eigenvalue weighted by Gasteiger charge is -2.08. The SMILES string of the molecule is CCCCCCOc1c(F)cc(N)cc1F.CCCCCCOc1c(F)cc([N+](=O)[O-])cc1F.CN(C)C=O.CO.O=CO.[NH4+]. The number of quaternary nitrogens is 1. The first-order valence-corrected chi connectivity index (χ1v) is 13.7. The van der Waals surface area contributed by atoms with E-state index >= 15 is 0 Å². The molecule has 2 rings (SSSR count). The van der Waals surface area contributed by atoms with E-state index in [0.717, 1.165) is 70.6 Å². The zero-order valence-electron chi connectivity index (χ0n) is 26.9. The Labute approximate surface area is 261 Å². The van der Waals surface area contributed by atoms with E-state index in [1.54, 1.807) is 14.1 Å². The van der Waals surface area contributed by atoms with Gasteiger partial charge in [-0.2, -0.15) is 0 Å². The van der Waals surface area contributed by atoms with Crippen molar-refractivity contribution in [2.24, 2.45) is 0 Å². The van der Waals surface area contributed by atoms with Crippen molar-refractivity contribution in [3.63, 3.8) is 0 Å². The molecule has 2 aromatic rings. The Morgan fingerprint density at radius 1 is 0.800 bits per heavy atom. The summed E-state index contributed by atoms with van der Waals surface area (Å²) in [5.41, 5.74) is 4.73. The number of carbonyl (C=O) groups excluding carboxylic acids is 1. The number of rotatable bonds is 14. The third kappa shape index (κ3) is 24.9. The van der Waals surface area contributed by atoms with Crippen molar-refractivity contribution in [2.75, 3.05) is 40.2 Å². The zero-order chi connectivity index (χ0) is 34.5.